The Labute approximate surface area is 151 Å². The summed E-state index contributed by atoms with van der Waals surface area (Å²) >= 11 is 0. The van der Waals surface area contributed by atoms with Crippen LogP contribution in [0.25, 0.3) is 0 Å². The third-order valence-corrected chi connectivity index (χ3v) is 5.29. The number of piperidine rings is 1. The van der Waals surface area contributed by atoms with Gasteiger partial charge >= 0.3 is 0 Å². The van der Waals surface area contributed by atoms with Crippen molar-refractivity contribution in [1.29, 1.82) is 0 Å². The van der Waals surface area contributed by atoms with Crippen molar-refractivity contribution >= 4 is 18.3 Å². The van der Waals surface area contributed by atoms with E-state index in [1.807, 2.05) is 16.9 Å². The van der Waals surface area contributed by atoms with Crippen LogP contribution >= 0.6 is 12.4 Å². The maximum absolute atomic E-state index is 12.2. The molecule has 1 aromatic heterocycles. The van der Waals surface area contributed by atoms with Gasteiger partial charge in [0.2, 0.25) is 0 Å². The number of halogens is 1. The quantitative estimate of drug-likeness (QED) is 0.738. The molecule has 136 valence electrons. The standard InChI is InChI=1S/C18H30N4O.ClH/c23-18(20-12-4-3-8-15-6-1-2-7-15)17-10-13-22(21-17)16-9-5-11-19-14-16;/h10,13,15-16,19H,1-9,11-12,14H2,(H,20,23);1H. The molecule has 0 spiro atoms. The number of nitrogens with one attached hydrogen (secondary N) is 2. The van der Waals surface area contributed by atoms with Crippen molar-refractivity contribution in [1.82, 2.24) is 20.4 Å². The number of unbranched alkanes of at least 4 members (excludes halogenated alkanes) is 1. The molecule has 2 fully saturated rings. The van der Waals surface area contributed by atoms with Gasteiger partial charge in [0.15, 0.2) is 0 Å². The molecule has 0 aromatic carbocycles. The molecule has 24 heavy (non-hydrogen) atoms. The van der Waals surface area contributed by atoms with E-state index in [9.17, 15) is 4.79 Å². The number of hydrogen-bond donors (Lipinski definition) is 2. The summed E-state index contributed by atoms with van der Waals surface area (Å²) in [6, 6.07) is 2.22. The number of carbonyl (C=O) groups is 1. The summed E-state index contributed by atoms with van der Waals surface area (Å²) in [6.07, 6.45) is 13.6. The number of aromatic nitrogens is 2. The second kappa shape index (κ2) is 10.0. The topological polar surface area (TPSA) is 59.0 Å². The summed E-state index contributed by atoms with van der Waals surface area (Å²) in [6.45, 7) is 2.80. The smallest absolute Gasteiger partial charge is 0.271 e. The molecule has 0 radical (unpaired) electrons. The fourth-order valence-electron chi connectivity index (χ4n) is 3.87. The van der Waals surface area contributed by atoms with Crippen molar-refractivity contribution in [2.75, 3.05) is 19.6 Å². The molecule has 2 heterocycles. The summed E-state index contributed by atoms with van der Waals surface area (Å²) in [7, 11) is 0. The van der Waals surface area contributed by atoms with Gasteiger partial charge in [0, 0.05) is 19.3 Å². The summed E-state index contributed by atoms with van der Waals surface area (Å²) in [5.74, 6) is 0.916. The van der Waals surface area contributed by atoms with Crippen molar-refractivity contribution < 1.29 is 4.79 Å². The molecule has 0 bridgehead atoms. The Morgan fingerprint density at radius 1 is 1.25 bits per heavy atom. The monoisotopic (exact) mass is 354 g/mol. The van der Waals surface area contributed by atoms with Crippen molar-refractivity contribution in [2.45, 2.75) is 63.8 Å². The van der Waals surface area contributed by atoms with E-state index in [0.29, 0.717) is 11.7 Å². The zero-order valence-electron chi connectivity index (χ0n) is 14.5. The van der Waals surface area contributed by atoms with Crippen LogP contribution in [0.15, 0.2) is 12.3 Å². The second-order valence-corrected chi connectivity index (χ2v) is 7.08. The average Bonchev–Trinajstić information content (AvgIpc) is 3.27. The highest BCUT2D eigenvalue weighted by molar-refractivity contribution is 5.92. The van der Waals surface area contributed by atoms with Crippen LogP contribution in [-0.4, -0.2) is 35.3 Å². The van der Waals surface area contributed by atoms with Gasteiger partial charge < -0.3 is 10.6 Å². The molecule has 6 heteroatoms. The first-order chi connectivity index (χ1) is 11.3. The van der Waals surface area contributed by atoms with E-state index in [2.05, 4.69) is 15.7 Å². The molecule has 2 N–H and O–H groups in total. The predicted molar refractivity (Wildman–Crippen MR) is 98.8 cm³/mol. The van der Waals surface area contributed by atoms with Crippen LogP contribution < -0.4 is 10.6 Å². The molecule has 5 nitrogen and oxygen atoms in total. The van der Waals surface area contributed by atoms with Crippen LogP contribution in [0.2, 0.25) is 0 Å². The van der Waals surface area contributed by atoms with Gasteiger partial charge in [-0.15, -0.1) is 12.4 Å². The minimum atomic E-state index is -0.0339. The van der Waals surface area contributed by atoms with Gasteiger partial charge in [0.25, 0.3) is 5.91 Å². The number of amides is 1. The van der Waals surface area contributed by atoms with Crippen LogP contribution in [0, 0.1) is 5.92 Å². The number of nitrogens with zero attached hydrogens (tertiary/aromatic N) is 2. The van der Waals surface area contributed by atoms with E-state index >= 15 is 0 Å². The maximum atomic E-state index is 12.2. The van der Waals surface area contributed by atoms with Gasteiger partial charge in [-0.05, 0) is 37.8 Å². The lowest BCUT2D eigenvalue weighted by molar-refractivity contribution is 0.0946. The number of hydrogen-bond acceptors (Lipinski definition) is 3. The van der Waals surface area contributed by atoms with Crippen molar-refractivity contribution in [3.05, 3.63) is 18.0 Å². The molecule has 1 amide bonds. The van der Waals surface area contributed by atoms with Gasteiger partial charge in [-0.1, -0.05) is 38.5 Å². The summed E-state index contributed by atoms with van der Waals surface area (Å²) in [5.41, 5.74) is 0.548. The lowest BCUT2D eigenvalue weighted by Crippen LogP contribution is -2.32. The van der Waals surface area contributed by atoms with E-state index < -0.39 is 0 Å². The first-order valence-electron chi connectivity index (χ1n) is 9.37. The fourth-order valence-corrected chi connectivity index (χ4v) is 3.87. The first-order valence-corrected chi connectivity index (χ1v) is 9.37. The van der Waals surface area contributed by atoms with Gasteiger partial charge in [-0.2, -0.15) is 5.10 Å². The van der Waals surface area contributed by atoms with Gasteiger partial charge in [-0.3, -0.25) is 9.48 Å². The van der Waals surface area contributed by atoms with Crippen LogP contribution in [0.1, 0.15) is 74.3 Å². The van der Waals surface area contributed by atoms with E-state index in [0.717, 1.165) is 38.4 Å². The van der Waals surface area contributed by atoms with Crippen LogP contribution in [0.5, 0.6) is 0 Å². The minimum Gasteiger partial charge on any atom is -0.351 e. The predicted octanol–water partition coefficient (Wildman–Crippen LogP) is 3.32. The minimum absolute atomic E-state index is 0. The van der Waals surface area contributed by atoms with Crippen LogP contribution in [0.3, 0.4) is 0 Å². The lowest BCUT2D eigenvalue weighted by Gasteiger charge is -2.22. The summed E-state index contributed by atoms with van der Waals surface area (Å²) < 4.78 is 1.95. The van der Waals surface area contributed by atoms with Gasteiger partial charge in [-0.25, -0.2) is 0 Å². The molecule has 1 aliphatic carbocycles. The summed E-state index contributed by atoms with van der Waals surface area (Å²) in [5, 5.41) is 10.9. The van der Waals surface area contributed by atoms with Gasteiger partial charge in [0.05, 0.1) is 6.04 Å². The van der Waals surface area contributed by atoms with Crippen molar-refractivity contribution in [2.24, 2.45) is 5.92 Å². The van der Waals surface area contributed by atoms with Gasteiger partial charge in [0.1, 0.15) is 5.69 Å². The molecule has 1 aliphatic heterocycles. The Hall–Kier alpha value is -1.07. The molecule has 1 unspecified atom stereocenters. The molecule has 2 aliphatic rings. The molecule has 3 rings (SSSR count). The van der Waals surface area contributed by atoms with Crippen LogP contribution in [0.4, 0.5) is 0 Å². The lowest BCUT2D eigenvalue weighted by atomic mass is 10.0. The third-order valence-electron chi connectivity index (χ3n) is 5.29. The van der Waals surface area contributed by atoms with Crippen molar-refractivity contribution in [3.63, 3.8) is 0 Å². The fraction of sp³-hybridized carbons (Fsp3) is 0.778. The molecular formula is C18H31ClN4O. The van der Waals surface area contributed by atoms with Crippen LogP contribution in [-0.2, 0) is 0 Å². The largest absolute Gasteiger partial charge is 0.351 e. The van der Waals surface area contributed by atoms with E-state index in [1.165, 1.54) is 44.9 Å². The molecule has 1 atom stereocenters. The average molecular weight is 355 g/mol. The van der Waals surface area contributed by atoms with E-state index in [4.69, 9.17) is 0 Å². The molecular weight excluding hydrogens is 324 g/mol. The zero-order chi connectivity index (χ0) is 15.9. The molecule has 1 aromatic rings. The number of carbonyl (C=O) groups excluding carboxylic acids is 1. The SMILES string of the molecule is Cl.O=C(NCCCCC1CCCC1)c1ccn(C2CCCNC2)n1. The first kappa shape index (κ1) is 19.3. The molecule has 1 saturated carbocycles. The summed E-state index contributed by atoms with van der Waals surface area (Å²) in [4.78, 5) is 12.2. The Morgan fingerprint density at radius 3 is 2.83 bits per heavy atom. The highest BCUT2D eigenvalue weighted by Crippen LogP contribution is 2.28. The zero-order valence-corrected chi connectivity index (χ0v) is 15.3. The highest BCUT2D eigenvalue weighted by atomic mass is 35.5. The van der Waals surface area contributed by atoms with Crippen molar-refractivity contribution in [3.8, 4) is 0 Å². The Bertz CT molecular complexity index is 493. The van der Waals surface area contributed by atoms with E-state index in [-0.39, 0.29) is 18.3 Å². The third kappa shape index (κ3) is 5.49. The van der Waals surface area contributed by atoms with E-state index in [1.54, 1.807) is 0 Å². The molecule has 1 saturated heterocycles. The maximum Gasteiger partial charge on any atom is 0.271 e. The highest BCUT2D eigenvalue weighted by Gasteiger charge is 2.17. The number of rotatable bonds is 7. The second-order valence-electron chi connectivity index (χ2n) is 7.08. The Kier molecular flexibility index (Phi) is 8.06. The normalized spacial score (nSPS) is 21.4. The Balaban J connectivity index is 0.00000208. The Morgan fingerprint density at radius 2 is 2.08 bits per heavy atom.